The Morgan fingerprint density at radius 1 is 0.789 bits per heavy atom. The van der Waals surface area contributed by atoms with E-state index in [1.54, 1.807) is 24.3 Å². The third-order valence-electron chi connectivity index (χ3n) is 3.33. The fourth-order valence-corrected chi connectivity index (χ4v) is 3.93. The van der Waals surface area contributed by atoms with E-state index in [0.29, 0.717) is 21.2 Å². The van der Waals surface area contributed by atoms with Crippen LogP contribution < -0.4 is 10.9 Å². The molecule has 0 unspecified atom stereocenters. The summed E-state index contributed by atoms with van der Waals surface area (Å²) in [6.45, 7) is 0. The van der Waals surface area contributed by atoms with E-state index in [1.165, 1.54) is 11.3 Å². The van der Waals surface area contributed by atoms with E-state index in [2.05, 4.69) is 0 Å². The Morgan fingerprint density at radius 3 is 2.00 bits per heavy atom. The maximum absolute atomic E-state index is 12.5. The smallest absolute Gasteiger partial charge is 0.196 e. The van der Waals surface area contributed by atoms with Gasteiger partial charge in [0.05, 0.1) is 30.2 Å². The van der Waals surface area contributed by atoms with Gasteiger partial charge in [-0.2, -0.15) is 0 Å². The summed E-state index contributed by atoms with van der Waals surface area (Å²) < 4.78 is 1.60. The van der Waals surface area contributed by atoms with Gasteiger partial charge in [0.15, 0.2) is 10.9 Å². The Hall–Kier alpha value is -1.42. The topological polar surface area (TPSA) is 34.1 Å². The summed E-state index contributed by atoms with van der Waals surface area (Å²) in [5.74, 6) is 0. The lowest BCUT2D eigenvalue weighted by Gasteiger charge is -2.02. The van der Waals surface area contributed by atoms with Crippen molar-refractivity contribution in [3.63, 3.8) is 0 Å². The van der Waals surface area contributed by atoms with Crippen molar-refractivity contribution in [1.82, 2.24) is 0 Å². The van der Waals surface area contributed by atoms with Crippen LogP contribution >= 0.6 is 34.5 Å². The predicted octanol–water partition coefficient (Wildman–Crippen LogP) is 4.11. The molecule has 0 fully saturated rings. The highest BCUT2D eigenvalue weighted by atomic mass is 35.5. The Labute approximate surface area is 120 Å². The Bertz CT molecular complexity index is 1070. The predicted molar refractivity (Wildman–Crippen MR) is 81.8 cm³/mol. The number of hydrogen-bond donors (Lipinski definition) is 0. The normalized spacial score (nSPS) is 12.1. The molecule has 0 aliphatic heterocycles. The van der Waals surface area contributed by atoms with Crippen LogP contribution in [-0.4, -0.2) is 0 Å². The second kappa shape index (κ2) is 3.57. The van der Waals surface area contributed by atoms with Gasteiger partial charge in [-0.1, -0.05) is 47.5 Å². The molecule has 0 aliphatic rings. The first kappa shape index (κ1) is 11.4. The van der Waals surface area contributed by atoms with Crippen LogP contribution in [0.4, 0.5) is 0 Å². The molecule has 0 atom stereocenters. The summed E-state index contributed by atoms with van der Waals surface area (Å²) in [7, 11) is 0. The molecule has 4 rings (SSSR count). The van der Waals surface area contributed by atoms with Crippen molar-refractivity contribution in [2.24, 2.45) is 0 Å². The molecule has 92 valence electrons. The van der Waals surface area contributed by atoms with Crippen molar-refractivity contribution in [3.05, 3.63) is 54.8 Å². The lowest BCUT2D eigenvalue weighted by atomic mass is 10.0. The molecule has 4 aromatic rings. The summed E-state index contributed by atoms with van der Waals surface area (Å²) in [5.41, 5.74) is -0.377. The third-order valence-corrected chi connectivity index (χ3v) is 5.31. The second-order valence-electron chi connectivity index (χ2n) is 4.34. The summed E-state index contributed by atoms with van der Waals surface area (Å²) in [4.78, 5) is 25.0. The van der Waals surface area contributed by atoms with Crippen LogP contribution in [0.5, 0.6) is 0 Å². The number of benzene rings is 3. The molecule has 0 saturated heterocycles. The first-order chi connectivity index (χ1) is 9.11. The Kier molecular flexibility index (Phi) is 2.14. The fourth-order valence-electron chi connectivity index (χ4n) is 2.40. The maximum Gasteiger partial charge on any atom is 0.196 e. The van der Waals surface area contributed by atoms with Gasteiger partial charge in [-0.25, -0.2) is 0 Å². The number of rotatable bonds is 0. The van der Waals surface area contributed by atoms with E-state index in [-0.39, 0.29) is 21.3 Å². The summed E-state index contributed by atoms with van der Waals surface area (Å²) in [6.07, 6.45) is 0. The van der Waals surface area contributed by atoms with E-state index in [0.717, 1.165) is 9.40 Å². The molecule has 1 heterocycles. The molecule has 0 radical (unpaired) electrons. The van der Waals surface area contributed by atoms with Crippen LogP contribution in [0.1, 0.15) is 0 Å². The van der Waals surface area contributed by atoms with Crippen molar-refractivity contribution >= 4 is 65.5 Å². The number of fused-ring (bicyclic) bond motifs is 4. The highest BCUT2D eigenvalue weighted by Gasteiger charge is 2.23. The van der Waals surface area contributed by atoms with Crippen LogP contribution in [0.2, 0.25) is 10.0 Å². The minimum Gasteiger partial charge on any atom is -0.289 e. The van der Waals surface area contributed by atoms with Crippen molar-refractivity contribution in [3.8, 4) is 0 Å². The van der Waals surface area contributed by atoms with E-state index >= 15 is 0 Å². The lowest BCUT2D eigenvalue weighted by molar-refractivity contribution is 1.69. The lowest BCUT2D eigenvalue weighted by Crippen LogP contribution is -2.12. The molecule has 0 amide bonds. The van der Waals surface area contributed by atoms with Crippen LogP contribution in [0.25, 0.3) is 30.9 Å². The summed E-state index contributed by atoms with van der Waals surface area (Å²) in [6, 6.07) is 6.79. The fraction of sp³-hybridized carbons (Fsp3) is 0. The molecule has 2 nitrogen and oxygen atoms in total. The van der Waals surface area contributed by atoms with Crippen molar-refractivity contribution in [2.45, 2.75) is 0 Å². The highest BCUT2D eigenvalue weighted by Crippen LogP contribution is 2.47. The number of halogens is 2. The zero-order valence-corrected chi connectivity index (χ0v) is 11.6. The van der Waals surface area contributed by atoms with Gasteiger partial charge in [-0.3, -0.25) is 9.59 Å². The van der Waals surface area contributed by atoms with Gasteiger partial charge in [0, 0.05) is 10.8 Å². The first-order valence-electron chi connectivity index (χ1n) is 5.52. The van der Waals surface area contributed by atoms with Gasteiger partial charge in [0.1, 0.15) is 0 Å². The highest BCUT2D eigenvalue weighted by molar-refractivity contribution is 7.37. The molecule has 0 saturated carbocycles. The molecule has 0 N–H and O–H groups in total. The van der Waals surface area contributed by atoms with Gasteiger partial charge in [-0.15, -0.1) is 11.3 Å². The first-order valence-corrected chi connectivity index (χ1v) is 7.09. The largest absolute Gasteiger partial charge is 0.289 e. The van der Waals surface area contributed by atoms with E-state index in [1.807, 2.05) is 0 Å². The average molecular weight is 307 g/mol. The zero-order valence-electron chi connectivity index (χ0n) is 9.29. The minimum absolute atomic E-state index is 0.148. The van der Waals surface area contributed by atoms with Crippen LogP contribution in [0.15, 0.2) is 33.9 Å². The Balaban J connectivity index is 2.50. The molecule has 0 spiro atoms. The third kappa shape index (κ3) is 1.32. The number of hydrogen-bond acceptors (Lipinski definition) is 3. The molecule has 3 aromatic carbocycles. The quantitative estimate of drug-likeness (QED) is 0.458. The van der Waals surface area contributed by atoms with Crippen molar-refractivity contribution in [1.29, 1.82) is 0 Å². The molecule has 19 heavy (non-hydrogen) atoms. The van der Waals surface area contributed by atoms with Crippen LogP contribution in [-0.2, 0) is 0 Å². The van der Waals surface area contributed by atoms with Crippen molar-refractivity contribution in [2.75, 3.05) is 0 Å². The summed E-state index contributed by atoms with van der Waals surface area (Å²) in [5, 5.41) is 2.06. The zero-order chi connectivity index (χ0) is 13.3. The molecule has 1 aromatic heterocycles. The molecule has 0 aliphatic carbocycles. The molecular formula is C14H4Cl2O2S. The SMILES string of the molecule is O=c1c2ccccc2c(=O)c2c1c(Cl)c(Cl)c1sc12. The van der Waals surface area contributed by atoms with E-state index in [9.17, 15) is 9.59 Å². The van der Waals surface area contributed by atoms with Gasteiger partial charge in [-0.05, 0) is 0 Å². The Morgan fingerprint density at radius 2 is 1.37 bits per heavy atom. The van der Waals surface area contributed by atoms with Gasteiger partial charge in [0.2, 0.25) is 0 Å². The maximum atomic E-state index is 12.5. The van der Waals surface area contributed by atoms with Gasteiger partial charge >= 0.3 is 0 Å². The summed E-state index contributed by atoms with van der Waals surface area (Å²) >= 11 is 13.7. The average Bonchev–Trinajstić information content (AvgIpc) is 3.20. The van der Waals surface area contributed by atoms with Gasteiger partial charge < -0.3 is 0 Å². The second-order valence-corrected chi connectivity index (χ2v) is 6.12. The minimum atomic E-state index is -0.229. The van der Waals surface area contributed by atoms with Crippen LogP contribution in [0, 0.1) is 0 Å². The van der Waals surface area contributed by atoms with E-state index < -0.39 is 0 Å². The molecule has 0 bridgehead atoms. The standard InChI is InChI=1S/C14H4Cl2O2S/c15-9-7-8(13-14(19-13)10(9)16)12(18)6-4-2-1-3-5(6)11(7)17/h1-4H. The monoisotopic (exact) mass is 306 g/mol. The molecular weight excluding hydrogens is 303 g/mol. The van der Waals surface area contributed by atoms with Crippen LogP contribution in [0.3, 0.4) is 0 Å². The van der Waals surface area contributed by atoms with Crippen molar-refractivity contribution < 1.29 is 0 Å². The van der Waals surface area contributed by atoms with E-state index in [4.69, 9.17) is 23.2 Å². The molecule has 5 heteroatoms. The van der Waals surface area contributed by atoms with Gasteiger partial charge in [0.25, 0.3) is 0 Å².